The first kappa shape index (κ1) is 16.3. The van der Waals surface area contributed by atoms with Crippen LogP contribution >= 0.6 is 0 Å². The van der Waals surface area contributed by atoms with Crippen molar-refractivity contribution in [2.24, 2.45) is 5.41 Å². The summed E-state index contributed by atoms with van der Waals surface area (Å²) in [5.41, 5.74) is 2.07. The molecule has 5 rings (SSSR count). The molecule has 2 aliphatic carbocycles. The van der Waals surface area contributed by atoms with Crippen LogP contribution in [-0.2, 0) is 4.74 Å². The van der Waals surface area contributed by atoms with Gasteiger partial charge in [-0.25, -0.2) is 0 Å². The molecule has 3 heteroatoms. The number of hydrogen-bond acceptors (Lipinski definition) is 3. The van der Waals surface area contributed by atoms with Gasteiger partial charge in [-0.05, 0) is 43.1 Å². The Labute approximate surface area is 152 Å². The minimum absolute atomic E-state index is 0.255. The van der Waals surface area contributed by atoms with Crippen LogP contribution in [0.25, 0.3) is 0 Å². The minimum Gasteiger partial charge on any atom is -0.371 e. The molecule has 1 spiro atoms. The van der Waals surface area contributed by atoms with Crippen molar-refractivity contribution < 1.29 is 4.74 Å². The largest absolute Gasteiger partial charge is 0.371 e. The van der Waals surface area contributed by atoms with Crippen LogP contribution in [0.2, 0.25) is 0 Å². The minimum atomic E-state index is 0.255. The van der Waals surface area contributed by atoms with Gasteiger partial charge in [0, 0.05) is 31.2 Å². The third-order valence-corrected chi connectivity index (χ3v) is 7.33. The zero-order valence-corrected chi connectivity index (χ0v) is 15.3. The predicted octanol–water partition coefficient (Wildman–Crippen LogP) is 3.90. The molecule has 0 unspecified atom stereocenters. The summed E-state index contributed by atoms with van der Waals surface area (Å²) in [4.78, 5) is 2.67. The van der Waals surface area contributed by atoms with Gasteiger partial charge >= 0.3 is 0 Å². The average Bonchev–Trinajstić information content (AvgIpc) is 3.03. The van der Waals surface area contributed by atoms with Gasteiger partial charge in [-0.1, -0.05) is 49.6 Å². The topological polar surface area (TPSA) is 24.5 Å². The van der Waals surface area contributed by atoms with Crippen molar-refractivity contribution in [2.75, 3.05) is 19.7 Å². The van der Waals surface area contributed by atoms with E-state index in [4.69, 9.17) is 4.74 Å². The highest BCUT2D eigenvalue weighted by atomic mass is 16.5. The first-order valence-corrected chi connectivity index (χ1v) is 10.5. The van der Waals surface area contributed by atoms with Gasteiger partial charge in [-0.2, -0.15) is 0 Å². The fourth-order valence-corrected chi connectivity index (χ4v) is 6.01. The van der Waals surface area contributed by atoms with Crippen LogP contribution in [-0.4, -0.2) is 42.7 Å². The van der Waals surface area contributed by atoms with Crippen molar-refractivity contribution in [1.82, 2.24) is 10.2 Å². The highest BCUT2D eigenvalue weighted by Gasteiger charge is 2.46. The lowest BCUT2D eigenvalue weighted by Gasteiger charge is -2.51. The second-order valence-corrected chi connectivity index (χ2v) is 9.11. The van der Waals surface area contributed by atoms with Crippen LogP contribution < -0.4 is 5.32 Å². The summed E-state index contributed by atoms with van der Waals surface area (Å²) < 4.78 is 6.19. The van der Waals surface area contributed by atoms with E-state index in [-0.39, 0.29) is 6.10 Å². The summed E-state index contributed by atoms with van der Waals surface area (Å²) in [7, 11) is 0. The SMILES string of the molecule is c1ccc([C@H]2CN3C[C@H](NC4CC5(CCCCC5)C4)C[C@H]3CO2)cc1. The standard InChI is InChI=1S/C22H32N2O/c1-3-7-17(8-4-1)21-15-24-14-18(11-20(24)16-25-21)23-19-12-22(13-19)9-5-2-6-10-22/h1,3-4,7-8,18-21,23H,2,5-6,9-16H2/t18-,20+,21-/m1/s1. The van der Waals surface area contributed by atoms with Crippen molar-refractivity contribution in [3.05, 3.63) is 35.9 Å². The maximum absolute atomic E-state index is 6.19. The van der Waals surface area contributed by atoms with E-state index >= 15 is 0 Å². The van der Waals surface area contributed by atoms with Gasteiger partial charge in [0.25, 0.3) is 0 Å². The Kier molecular flexibility index (Phi) is 4.35. The molecule has 0 amide bonds. The Hall–Kier alpha value is -0.900. The molecule has 1 aromatic rings. The molecule has 1 N–H and O–H groups in total. The van der Waals surface area contributed by atoms with E-state index in [0.29, 0.717) is 12.1 Å². The third-order valence-electron chi connectivity index (χ3n) is 7.33. The van der Waals surface area contributed by atoms with Gasteiger partial charge in [0.15, 0.2) is 0 Å². The Morgan fingerprint density at radius 2 is 1.76 bits per heavy atom. The summed E-state index contributed by atoms with van der Waals surface area (Å²) >= 11 is 0. The number of nitrogens with one attached hydrogen (secondary N) is 1. The van der Waals surface area contributed by atoms with Gasteiger partial charge in [0.05, 0.1) is 12.7 Å². The Morgan fingerprint density at radius 3 is 2.56 bits per heavy atom. The van der Waals surface area contributed by atoms with E-state index in [2.05, 4.69) is 40.5 Å². The number of nitrogens with zero attached hydrogens (tertiary/aromatic N) is 1. The van der Waals surface area contributed by atoms with Gasteiger partial charge in [0.1, 0.15) is 0 Å². The highest BCUT2D eigenvalue weighted by Crippen LogP contribution is 2.51. The number of ether oxygens (including phenoxy) is 1. The van der Waals surface area contributed by atoms with Crippen LogP contribution in [0.4, 0.5) is 0 Å². The van der Waals surface area contributed by atoms with Gasteiger partial charge in [-0.15, -0.1) is 0 Å². The summed E-state index contributed by atoms with van der Waals surface area (Å²) in [6.45, 7) is 3.16. The number of hydrogen-bond donors (Lipinski definition) is 1. The smallest absolute Gasteiger partial charge is 0.0952 e. The van der Waals surface area contributed by atoms with Crippen LogP contribution in [0.3, 0.4) is 0 Å². The van der Waals surface area contributed by atoms with Crippen molar-refractivity contribution in [2.45, 2.75) is 75.6 Å². The van der Waals surface area contributed by atoms with E-state index in [1.807, 2.05) is 0 Å². The molecule has 4 aliphatic rings. The van der Waals surface area contributed by atoms with E-state index in [1.54, 1.807) is 0 Å². The van der Waals surface area contributed by atoms with E-state index in [9.17, 15) is 0 Å². The summed E-state index contributed by atoms with van der Waals surface area (Å²) in [5, 5.41) is 4.00. The molecule has 4 fully saturated rings. The van der Waals surface area contributed by atoms with Crippen molar-refractivity contribution >= 4 is 0 Å². The Bertz CT molecular complexity index is 575. The molecule has 3 nitrogen and oxygen atoms in total. The molecular formula is C22H32N2O. The number of fused-ring (bicyclic) bond motifs is 1. The van der Waals surface area contributed by atoms with Crippen LogP contribution in [0.1, 0.15) is 63.0 Å². The maximum Gasteiger partial charge on any atom is 0.0952 e. The zero-order chi connectivity index (χ0) is 16.7. The predicted molar refractivity (Wildman–Crippen MR) is 101 cm³/mol. The molecule has 2 saturated carbocycles. The molecule has 3 atom stereocenters. The summed E-state index contributed by atoms with van der Waals surface area (Å²) in [6, 6.07) is 12.8. The van der Waals surface area contributed by atoms with Crippen LogP contribution in [0.15, 0.2) is 30.3 Å². The molecule has 2 saturated heterocycles. The lowest BCUT2D eigenvalue weighted by atomic mass is 9.58. The van der Waals surface area contributed by atoms with E-state index in [0.717, 1.165) is 24.6 Å². The van der Waals surface area contributed by atoms with Crippen LogP contribution in [0.5, 0.6) is 0 Å². The second kappa shape index (κ2) is 6.68. The summed E-state index contributed by atoms with van der Waals surface area (Å²) in [5.74, 6) is 0. The van der Waals surface area contributed by atoms with Crippen LogP contribution in [0, 0.1) is 5.41 Å². The Morgan fingerprint density at radius 1 is 0.960 bits per heavy atom. The molecule has 25 heavy (non-hydrogen) atoms. The van der Waals surface area contributed by atoms with Crippen molar-refractivity contribution in [3.8, 4) is 0 Å². The molecular weight excluding hydrogens is 308 g/mol. The molecule has 136 valence electrons. The normalized spacial score (nSPS) is 35.4. The molecule has 2 heterocycles. The molecule has 0 aromatic heterocycles. The highest BCUT2D eigenvalue weighted by molar-refractivity contribution is 5.19. The van der Waals surface area contributed by atoms with Crippen molar-refractivity contribution in [3.63, 3.8) is 0 Å². The fourth-order valence-electron chi connectivity index (χ4n) is 6.01. The lowest BCUT2D eigenvalue weighted by molar-refractivity contribution is -0.0502. The number of benzene rings is 1. The monoisotopic (exact) mass is 340 g/mol. The fraction of sp³-hybridized carbons (Fsp3) is 0.727. The zero-order valence-electron chi connectivity index (χ0n) is 15.3. The Balaban J connectivity index is 1.13. The van der Waals surface area contributed by atoms with E-state index in [1.165, 1.54) is 63.5 Å². The van der Waals surface area contributed by atoms with E-state index < -0.39 is 0 Å². The number of rotatable bonds is 3. The maximum atomic E-state index is 6.19. The molecule has 0 radical (unpaired) electrons. The molecule has 0 bridgehead atoms. The molecule has 1 aromatic carbocycles. The second-order valence-electron chi connectivity index (χ2n) is 9.11. The molecule has 2 aliphatic heterocycles. The average molecular weight is 341 g/mol. The van der Waals surface area contributed by atoms with Gasteiger partial charge in [-0.3, -0.25) is 4.90 Å². The summed E-state index contributed by atoms with van der Waals surface area (Å²) in [6.07, 6.45) is 11.8. The van der Waals surface area contributed by atoms with Gasteiger partial charge < -0.3 is 10.1 Å². The first-order valence-electron chi connectivity index (χ1n) is 10.5. The van der Waals surface area contributed by atoms with Gasteiger partial charge in [0.2, 0.25) is 0 Å². The first-order chi connectivity index (χ1) is 12.3. The lowest BCUT2D eigenvalue weighted by Crippen LogP contribution is -2.53. The number of morpholine rings is 1. The quantitative estimate of drug-likeness (QED) is 0.903. The van der Waals surface area contributed by atoms with Crippen molar-refractivity contribution in [1.29, 1.82) is 0 Å². The third kappa shape index (κ3) is 3.27.